The molecule has 0 unspecified atom stereocenters. The van der Waals surface area contributed by atoms with Crippen LogP contribution in [0.5, 0.6) is 0 Å². The van der Waals surface area contributed by atoms with Crippen LogP contribution in [0.15, 0.2) is 11.6 Å². The summed E-state index contributed by atoms with van der Waals surface area (Å²) in [6.07, 6.45) is 0.938. The van der Waals surface area contributed by atoms with Crippen LogP contribution in [0.4, 0.5) is 4.79 Å². The van der Waals surface area contributed by atoms with Crippen LogP contribution < -0.4 is 41.0 Å². The Balaban J connectivity index is 0.00000242. The van der Waals surface area contributed by atoms with Gasteiger partial charge in [-0.15, -0.1) is 4.28 Å². The van der Waals surface area contributed by atoms with E-state index in [0.29, 0.717) is 5.06 Å². The molecule has 2 bridgehead atoms. The topological polar surface area (TPSA) is 173 Å². The first kappa shape index (κ1) is 18.9. The second-order valence-corrected chi connectivity index (χ2v) is 5.52. The molecule has 5 N–H and O–H groups in total. The molecule has 1 fully saturated rings. The van der Waals surface area contributed by atoms with Crippen molar-refractivity contribution in [1.29, 1.82) is 0 Å². The predicted molar refractivity (Wildman–Crippen MR) is 66.4 cm³/mol. The zero-order chi connectivity index (χ0) is 15.9. The molecule has 0 saturated carbocycles. The molecule has 4 amide bonds. The fraction of sp³-hybridized carbons (Fsp3) is 0.444. The number of carbonyl (C=O) groups excluding carboxylic acids is 3. The summed E-state index contributed by atoms with van der Waals surface area (Å²) < 4.78 is 34.5. The van der Waals surface area contributed by atoms with Crippen molar-refractivity contribution in [1.82, 2.24) is 9.96 Å². The van der Waals surface area contributed by atoms with Crippen LogP contribution in [-0.2, 0) is 24.3 Å². The van der Waals surface area contributed by atoms with Gasteiger partial charge >= 0.3 is 47.4 Å². The van der Waals surface area contributed by atoms with Gasteiger partial charge in [0.2, 0.25) is 11.8 Å². The molecule has 0 aromatic rings. The van der Waals surface area contributed by atoms with Crippen molar-refractivity contribution in [2.45, 2.75) is 18.5 Å². The number of amides is 4. The Morgan fingerprint density at radius 2 is 2.05 bits per heavy atom. The van der Waals surface area contributed by atoms with Gasteiger partial charge in [-0.05, 0) is 5.57 Å². The molecule has 2 atom stereocenters. The van der Waals surface area contributed by atoms with Crippen molar-refractivity contribution in [3.8, 4) is 0 Å². The number of hydrogen-bond donors (Lipinski definition) is 3. The molecule has 0 spiro atoms. The van der Waals surface area contributed by atoms with E-state index in [4.69, 9.17) is 16.0 Å². The van der Waals surface area contributed by atoms with Gasteiger partial charge in [0.05, 0.1) is 6.54 Å². The summed E-state index contributed by atoms with van der Waals surface area (Å²) >= 11 is 0. The summed E-state index contributed by atoms with van der Waals surface area (Å²) in [4.78, 5) is 35.3. The van der Waals surface area contributed by atoms with Crippen molar-refractivity contribution in [2.75, 3.05) is 6.54 Å². The number of fused-ring (bicyclic) bond motifs is 2. The Morgan fingerprint density at radius 3 is 2.50 bits per heavy atom. The second-order valence-electron chi connectivity index (χ2n) is 4.51. The SMILES string of the molecule is NC(=O)CC1=C[C@@H](C(N)=O)N2C[C@@H]1N(OS(=O)(=O)O)C2=O.[H+].[Na+]. The summed E-state index contributed by atoms with van der Waals surface area (Å²) in [7, 11) is -4.95. The normalized spacial score (nSPS) is 23.9. The molecule has 2 rings (SSSR count). The van der Waals surface area contributed by atoms with Crippen molar-refractivity contribution in [3.05, 3.63) is 11.6 Å². The molecule has 0 radical (unpaired) electrons. The molecule has 0 aromatic carbocycles. The molecule has 116 valence electrons. The fourth-order valence-corrected chi connectivity index (χ4v) is 2.67. The van der Waals surface area contributed by atoms with E-state index in [1.54, 1.807) is 0 Å². The second kappa shape index (κ2) is 6.52. The number of carbonyl (C=O) groups is 3. The number of nitrogens with zero attached hydrogens (tertiary/aromatic N) is 2. The van der Waals surface area contributed by atoms with Gasteiger partial charge < -0.3 is 16.4 Å². The first-order valence-corrected chi connectivity index (χ1v) is 7.01. The van der Waals surface area contributed by atoms with Crippen LogP contribution in [-0.4, -0.2) is 59.4 Å². The molecule has 1 saturated heterocycles. The van der Waals surface area contributed by atoms with E-state index in [1.807, 2.05) is 0 Å². The van der Waals surface area contributed by atoms with Gasteiger partial charge in [-0.1, -0.05) is 6.08 Å². The van der Waals surface area contributed by atoms with Crippen LogP contribution in [0.3, 0.4) is 0 Å². The molecule has 13 heteroatoms. The summed E-state index contributed by atoms with van der Waals surface area (Å²) in [5.74, 6) is -1.61. The van der Waals surface area contributed by atoms with Gasteiger partial charge in [0.1, 0.15) is 12.1 Å². The maximum absolute atomic E-state index is 12.0. The van der Waals surface area contributed by atoms with Crippen LogP contribution in [0, 0.1) is 0 Å². The average Bonchev–Trinajstić information content (AvgIpc) is 2.56. The van der Waals surface area contributed by atoms with E-state index in [0.717, 1.165) is 4.90 Å². The maximum Gasteiger partial charge on any atom is 1.00 e. The van der Waals surface area contributed by atoms with Gasteiger partial charge in [-0.2, -0.15) is 13.5 Å². The molecule has 2 aliphatic rings. The monoisotopic (exact) mass is 344 g/mol. The first-order valence-electron chi connectivity index (χ1n) is 5.65. The smallest absolute Gasteiger partial charge is 0.369 e. The van der Waals surface area contributed by atoms with Gasteiger partial charge in [-0.3, -0.25) is 14.1 Å². The summed E-state index contributed by atoms with van der Waals surface area (Å²) in [6, 6.07) is -3.10. The minimum Gasteiger partial charge on any atom is -0.369 e. The maximum atomic E-state index is 12.0. The first-order chi connectivity index (χ1) is 9.60. The number of urea groups is 1. The Hall–Kier alpha value is -1.18. The third kappa shape index (κ3) is 3.77. The number of hydrogen-bond acceptors (Lipinski definition) is 6. The molecule has 0 aromatic heterocycles. The van der Waals surface area contributed by atoms with Gasteiger partial charge in [0, 0.05) is 6.42 Å². The molecule has 0 aliphatic carbocycles. The van der Waals surface area contributed by atoms with Crippen molar-refractivity contribution >= 4 is 28.2 Å². The van der Waals surface area contributed by atoms with E-state index in [2.05, 4.69) is 4.28 Å². The van der Waals surface area contributed by atoms with Crippen LogP contribution in [0.1, 0.15) is 7.85 Å². The van der Waals surface area contributed by atoms with E-state index >= 15 is 0 Å². The van der Waals surface area contributed by atoms with E-state index < -0.39 is 40.3 Å². The number of hydroxylamine groups is 2. The molecular weight excluding hydrogens is 331 g/mol. The zero-order valence-electron chi connectivity index (χ0n) is 12.5. The van der Waals surface area contributed by atoms with Crippen LogP contribution in [0.25, 0.3) is 0 Å². The van der Waals surface area contributed by atoms with Crippen LogP contribution in [0.2, 0.25) is 0 Å². The Morgan fingerprint density at radius 1 is 1.45 bits per heavy atom. The molecular formula is C9H13N4NaO7S+2. The minimum absolute atomic E-state index is 0. The fourth-order valence-electron chi connectivity index (χ4n) is 2.30. The molecule has 22 heavy (non-hydrogen) atoms. The van der Waals surface area contributed by atoms with Gasteiger partial charge in [0.25, 0.3) is 0 Å². The van der Waals surface area contributed by atoms with Crippen molar-refractivity contribution in [3.63, 3.8) is 0 Å². The third-order valence-corrected chi connectivity index (χ3v) is 3.42. The van der Waals surface area contributed by atoms with Gasteiger partial charge in [-0.25, -0.2) is 4.79 Å². The van der Waals surface area contributed by atoms with E-state index in [-0.39, 0.29) is 49.5 Å². The number of nitrogens with two attached hydrogens (primary N) is 2. The van der Waals surface area contributed by atoms with Gasteiger partial charge in [0.15, 0.2) is 0 Å². The van der Waals surface area contributed by atoms with E-state index in [9.17, 15) is 22.8 Å². The Bertz CT molecular complexity index is 654. The minimum atomic E-state index is -4.95. The summed E-state index contributed by atoms with van der Waals surface area (Å²) in [6.45, 7) is -0.124. The van der Waals surface area contributed by atoms with Crippen molar-refractivity contribution in [2.24, 2.45) is 11.5 Å². The van der Waals surface area contributed by atoms with Crippen LogP contribution >= 0.6 is 0 Å². The Kier molecular flexibility index (Phi) is 5.59. The summed E-state index contributed by atoms with van der Waals surface area (Å²) in [5.41, 5.74) is 10.4. The molecule has 2 aliphatic heterocycles. The standard InChI is InChI=1S/C9H12N4O7S.Na/c10-7(14)2-4-1-5(8(11)15)12-3-6(4)13(9(12)16)20-21(17,18)19;/h1,5-6H,2-3H2,(H2,10,14)(H2,11,15)(H,17,18,19);/q;+1/p+1/t5-,6-;/m0./s1. The van der Waals surface area contributed by atoms with Crippen molar-refractivity contribution < 1.29 is 62.6 Å². The quantitative estimate of drug-likeness (QED) is 0.253. The Labute approximate surface area is 148 Å². The number of primary amides is 2. The summed E-state index contributed by atoms with van der Waals surface area (Å²) in [5, 5.41) is 0.368. The third-order valence-electron chi connectivity index (χ3n) is 3.07. The van der Waals surface area contributed by atoms with E-state index in [1.165, 1.54) is 6.08 Å². The number of rotatable bonds is 5. The molecule has 2 heterocycles. The molecule has 11 nitrogen and oxygen atoms in total. The average molecular weight is 344 g/mol. The predicted octanol–water partition coefficient (Wildman–Crippen LogP) is -5.39. The largest absolute Gasteiger partial charge is 1.00 e. The zero-order valence-corrected chi connectivity index (χ0v) is 14.3.